The largest absolute Gasteiger partial charge is 0.253 e. The number of pyridine rings is 1. The molecule has 0 spiro atoms. The maximum absolute atomic E-state index is 12.5. The number of rotatable bonds is 3. The van der Waals surface area contributed by atoms with E-state index in [0.29, 0.717) is 4.90 Å². The van der Waals surface area contributed by atoms with Crippen LogP contribution < -0.4 is 4.72 Å². The summed E-state index contributed by atoms with van der Waals surface area (Å²) in [6, 6.07) is 9.01. The van der Waals surface area contributed by atoms with Gasteiger partial charge in [0.25, 0.3) is 0 Å². The van der Waals surface area contributed by atoms with Crippen molar-refractivity contribution in [2.24, 2.45) is 0 Å². The van der Waals surface area contributed by atoms with E-state index in [2.05, 4.69) is 9.71 Å². The molecule has 112 valence electrons. The molecule has 2 aromatic rings. The highest BCUT2D eigenvalue weighted by molar-refractivity contribution is 7.89. The topological polar surface area (TPSA) is 59.1 Å². The molecule has 1 saturated carbocycles. The normalized spacial score (nSPS) is 17.2. The van der Waals surface area contributed by atoms with Gasteiger partial charge in [-0.25, -0.2) is 13.1 Å². The average molecular weight is 304 g/mol. The minimum Gasteiger partial charge on any atom is -0.253 e. The van der Waals surface area contributed by atoms with Crippen molar-refractivity contribution in [1.82, 2.24) is 9.71 Å². The van der Waals surface area contributed by atoms with E-state index in [9.17, 15) is 8.42 Å². The van der Waals surface area contributed by atoms with E-state index in [1.165, 1.54) is 6.42 Å². The van der Waals surface area contributed by atoms with Crippen LogP contribution in [0.3, 0.4) is 0 Å². The molecule has 4 nitrogen and oxygen atoms in total. The Morgan fingerprint density at radius 2 is 1.86 bits per heavy atom. The molecular weight excluding hydrogens is 284 g/mol. The maximum Gasteiger partial charge on any atom is 0.240 e. The lowest BCUT2D eigenvalue weighted by molar-refractivity contribution is 0.412. The van der Waals surface area contributed by atoms with Gasteiger partial charge in [-0.1, -0.05) is 25.3 Å². The van der Waals surface area contributed by atoms with Crippen LogP contribution in [0.15, 0.2) is 35.2 Å². The average Bonchev–Trinajstić information content (AvgIpc) is 2.47. The third-order valence-electron chi connectivity index (χ3n) is 4.04. The van der Waals surface area contributed by atoms with Crippen LogP contribution in [-0.4, -0.2) is 19.4 Å². The van der Waals surface area contributed by atoms with E-state index in [-0.39, 0.29) is 6.04 Å². The first kappa shape index (κ1) is 14.5. The molecular formula is C16H20N2O2S. The van der Waals surface area contributed by atoms with Gasteiger partial charge >= 0.3 is 0 Å². The van der Waals surface area contributed by atoms with Gasteiger partial charge in [0.05, 0.1) is 10.4 Å². The summed E-state index contributed by atoms with van der Waals surface area (Å²) in [5.41, 5.74) is 1.75. The highest BCUT2D eigenvalue weighted by Gasteiger charge is 2.21. The number of sulfonamides is 1. The van der Waals surface area contributed by atoms with E-state index < -0.39 is 10.0 Å². The number of aryl methyl sites for hydroxylation is 1. The van der Waals surface area contributed by atoms with Gasteiger partial charge in [0, 0.05) is 17.1 Å². The molecule has 0 unspecified atom stereocenters. The van der Waals surface area contributed by atoms with E-state index in [1.807, 2.05) is 19.1 Å². The summed E-state index contributed by atoms with van der Waals surface area (Å²) < 4.78 is 27.8. The summed E-state index contributed by atoms with van der Waals surface area (Å²) in [6.07, 6.45) is 5.29. The van der Waals surface area contributed by atoms with Crippen molar-refractivity contribution in [2.75, 3.05) is 0 Å². The molecule has 1 heterocycles. The Balaban J connectivity index is 1.89. The van der Waals surface area contributed by atoms with E-state index in [1.54, 1.807) is 18.2 Å². The monoisotopic (exact) mass is 304 g/mol. The Morgan fingerprint density at radius 3 is 2.62 bits per heavy atom. The maximum atomic E-state index is 12.5. The number of nitrogens with zero attached hydrogens (tertiary/aromatic N) is 1. The van der Waals surface area contributed by atoms with Crippen molar-refractivity contribution in [3.05, 3.63) is 36.0 Å². The lowest BCUT2D eigenvalue weighted by Gasteiger charge is -2.22. The molecule has 0 atom stereocenters. The van der Waals surface area contributed by atoms with Crippen LogP contribution in [0.25, 0.3) is 10.9 Å². The van der Waals surface area contributed by atoms with Gasteiger partial charge in [-0.05, 0) is 44.0 Å². The van der Waals surface area contributed by atoms with Gasteiger partial charge in [-0.2, -0.15) is 0 Å². The third kappa shape index (κ3) is 3.24. The summed E-state index contributed by atoms with van der Waals surface area (Å²) in [7, 11) is -3.44. The minimum atomic E-state index is -3.44. The SMILES string of the molecule is Cc1ccc2cc(S(=O)(=O)NC3CCCCC3)ccc2n1. The van der Waals surface area contributed by atoms with Crippen molar-refractivity contribution < 1.29 is 8.42 Å². The summed E-state index contributed by atoms with van der Waals surface area (Å²) in [4.78, 5) is 4.72. The van der Waals surface area contributed by atoms with Crippen LogP contribution in [0.1, 0.15) is 37.8 Å². The van der Waals surface area contributed by atoms with E-state index in [4.69, 9.17) is 0 Å². The van der Waals surface area contributed by atoms with Crippen molar-refractivity contribution >= 4 is 20.9 Å². The number of benzene rings is 1. The Kier molecular flexibility index (Phi) is 3.95. The molecule has 1 fully saturated rings. The van der Waals surface area contributed by atoms with Crippen LogP contribution in [0.2, 0.25) is 0 Å². The zero-order chi connectivity index (χ0) is 14.9. The molecule has 0 aliphatic heterocycles. The van der Waals surface area contributed by atoms with Crippen molar-refractivity contribution in [3.8, 4) is 0 Å². The first-order valence-electron chi connectivity index (χ1n) is 7.44. The lowest BCUT2D eigenvalue weighted by Crippen LogP contribution is -2.36. The number of nitrogens with one attached hydrogen (secondary N) is 1. The first-order valence-corrected chi connectivity index (χ1v) is 8.93. The van der Waals surface area contributed by atoms with Gasteiger partial charge in [0.15, 0.2) is 0 Å². The van der Waals surface area contributed by atoms with Gasteiger partial charge < -0.3 is 0 Å². The van der Waals surface area contributed by atoms with Crippen LogP contribution >= 0.6 is 0 Å². The Bertz CT molecular complexity index is 750. The molecule has 1 aliphatic carbocycles. The van der Waals surface area contributed by atoms with Crippen LogP contribution in [0.4, 0.5) is 0 Å². The Morgan fingerprint density at radius 1 is 1.10 bits per heavy atom. The molecule has 1 N–H and O–H groups in total. The molecule has 3 rings (SSSR count). The second-order valence-corrected chi connectivity index (χ2v) is 7.48. The number of hydrogen-bond donors (Lipinski definition) is 1. The quantitative estimate of drug-likeness (QED) is 0.947. The van der Waals surface area contributed by atoms with Crippen molar-refractivity contribution in [1.29, 1.82) is 0 Å². The molecule has 0 radical (unpaired) electrons. The lowest BCUT2D eigenvalue weighted by atomic mass is 9.96. The molecule has 1 aliphatic rings. The van der Waals surface area contributed by atoms with Crippen LogP contribution in [0.5, 0.6) is 0 Å². The van der Waals surface area contributed by atoms with Gasteiger partial charge in [-0.3, -0.25) is 4.98 Å². The molecule has 0 saturated heterocycles. The summed E-state index contributed by atoms with van der Waals surface area (Å²) >= 11 is 0. The second-order valence-electron chi connectivity index (χ2n) is 5.76. The predicted octanol–water partition coefficient (Wildman–Crippen LogP) is 3.15. The third-order valence-corrected chi connectivity index (χ3v) is 5.56. The van der Waals surface area contributed by atoms with Crippen LogP contribution in [-0.2, 0) is 10.0 Å². The van der Waals surface area contributed by atoms with Gasteiger partial charge in [-0.15, -0.1) is 0 Å². The van der Waals surface area contributed by atoms with Gasteiger partial charge in [0.2, 0.25) is 10.0 Å². The fourth-order valence-corrected chi connectivity index (χ4v) is 4.22. The molecule has 1 aromatic heterocycles. The highest BCUT2D eigenvalue weighted by Crippen LogP contribution is 2.22. The molecule has 0 bridgehead atoms. The number of fused-ring (bicyclic) bond motifs is 1. The molecule has 0 amide bonds. The predicted molar refractivity (Wildman–Crippen MR) is 83.7 cm³/mol. The summed E-state index contributed by atoms with van der Waals surface area (Å²) in [5.74, 6) is 0. The fraction of sp³-hybridized carbons (Fsp3) is 0.438. The second kappa shape index (κ2) is 5.73. The number of aromatic nitrogens is 1. The number of hydrogen-bond acceptors (Lipinski definition) is 3. The minimum absolute atomic E-state index is 0.0792. The van der Waals surface area contributed by atoms with E-state index in [0.717, 1.165) is 42.3 Å². The van der Waals surface area contributed by atoms with Gasteiger partial charge in [0.1, 0.15) is 0 Å². The highest BCUT2D eigenvalue weighted by atomic mass is 32.2. The summed E-state index contributed by atoms with van der Waals surface area (Å²) in [6.45, 7) is 1.93. The standard InChI is InChI=1S/C16H20N2O2S/c1-12-7-8-13-11-15(9-10-16(13)17-12)21(19,20)18-14-5-3-2-4-6-14/h7-11,14,18H,2-6H2,1H3. The Hall–Kier alpha value is -1.46. The molecule has 1 aromatic carbocycles. The molecule has 21 heavy (non-hydrogen) atoms. The van der Waals surface area contributed by atoms with Crippen LogP contribution in [0, 0.1) is 6.92 Å². The van der Waals surface area contributed by atoms with E-state index >= 15 is 0 Å². The van der Waals surface area contributed by atoms with Crippen molar-refractivity contribution in [3.63, 3.8) is 0 Å². The first-order chi connectivity index (χ1) is 10.0. The zero-order valence-electron chi connectivity index (χ0n) is 12.2. The fourth-order valence-electron chi connectivity index (χ4n) is 2.88. The summed E-state index contributed by atoms with van der Waals surface area (Å²) in [5, 5.41) is 0.854. The van der Waals surface area contributed by atoms with Crippen molar-refractivity contribution in [2.45, 2.75) is 50.0 Å². The molecule has 5 heteroatoms. The zero-order valence-corrected chi connectivity index (χ0v) is 13.0. The smallest absolute Gasteiger partial charge is 0.240 e. The Labute approximate surface area is 125 Å².